The minimum atomic E-state index is -0.168. The van der Waals surface area contributed by atoms with E-state index >= 15 is 0 Å². The first-order valence-corrected chi connectivity index (χ1v) is 5.40. The maximum Gasteiger partial charge on any atom is 0.233 e. The summed E-state index contributed by atoms with van der Waals surface area (Å²) in [6.07, 6.45) is 2.63. The fourth-order valence-electron chi connectivity index (χ4n) is 1.88. The Bertz CT molecular complexity index is 243. The van der Waals surface area contributed by atoms with E-state index in [2.05, 4.69) is 10.6 Å². The van der Waals surface area contributed by atoms with Gasteiger partial charge in [0.2, 0.25) is 11.8 Å². The molecule has 0 saturated carbocycles. The number of hydrogen-bond acceptors (Lipinski definition) is 3. The third kappa shape index (κ3) is 3.87. The molecule has 2 atom stereocenters. The molecule has 15 heavy (non-hydrogen) atoms. The van der Waals surface area contributed by atoms with Crippen LogP contribution in [0, 0.1) is 5.92 Å². The number of hydrogen-bond donors (Lipinski definition) is 3. The summed E-state index contributed by atoms with van der Waals surface area (Å²) in [5.74, 6) is -0.0272. The van der Waals surface area contributed by atoms with Crippen molar-refractivity contribution in [1.82, 2.24) is 10.6 Å². The van der Waals surface area contributed by atoms with E-state index in [0.717, 1.165) is 19.4 Å². The molecule has 0 unspecified atom stereocenters. The van der Waals surface area contributed by atoms with E-state index in [0.29, 0.717) is 6.42 Å². The number of amides is 2. The first kappa shape index (κ1) is 12.0. The number of carbonyl (C=O) groups excluding carboxylic acids is 2. The Morgan fingerprint density at radius 3 is 3.07 bits per heavy atom. The molecule has 0 spiro atoms. The van der Waals surface area contributed by atoms with Crippen molar-refractivity contribution < 1.29 is 9.59 Å². The number of nitrogens with one attached hydrogen (secondary N) is 2. The van der Waals surface area contributed by atoms with Crippen LogP contribution < -0.4 is 16.4 Å². The monoisotopic (exact) mass is 213 g/mol. The molecule has 0 aromatic heterocycles. The largest absolute Gasteiger partial charge is 0.356 e. The highest BCUT2D eigenvalue weighted by Gasteiger charge is 2.24. The number of nitrogens with two attached hydrogens (primary N) is 1. The van der Waals surface area contributed by atoms with Crippen LogP contribution in [0.3, 0.4) is 0 Å². The molecule has 0 radical (unpaired) electrons. The summed E-state index contributed by atoms with van der Waals surface area (Å²) in [5.41, 5.74) is 5.19. The quantitative estimate of drug-likeness (QED) is 0.581. The van der Waals surface area contributed by atoms with Crippen molar-refractivity contribution in [2.75, 3.05) is 13.1 Å². The zero-order chi connectivity index (χ0) is 11.3. The lowest BCUT2D eigenvalue weighted by molar-refractivity contribution is -0.127. The summed E-state index contributed by atoms with van der Waals surface area (Å²) in [5, 5.41) is 5.58. The summed E-state index contributed by atoms with van der Waals surface area (Å²) in [6, 6.07) is 0.00917. The van der Waals surface area contributed by atoms with Gasteiger partial charge in [0.15, 0.2) is 0 Å². The topological polar surface area (TPSA) is 84.2 Å². The molecule has 5 nitrogen and oxygen atoms in total. The second kappa shape index (κ2) is 5.70. The lowest BCUT2D eigenvalue weighted by Crippen LogP contribution is -2.42. The van der Waals surface area contributed by atoms with Crippen molar-refractivity contribution in [2.45, 2.75) is 32.2 Å². The fraction of sp³-hybridized carbons (Fsp3) is 0.800. The van der Waals surface area contributed by atoms with Gasteiger partial charge in [-0.3, -0.25) is 9.59 Å². The van der Waals surface area contributed by atoms with Gasteiger partial charge in [0.25, 0.3) is 0 Å². The lowest BCUT2D eigenvalue weighted by Gasteiger charge is -2.24. The summed E-state index contributed by atoms with van der Waals surface area (Å²) in [7, 11) is 0. The zero-order valence-corrected chi connectivity index (χ0v) is 9.08. The van der Waals surface area contributed by atoms with E-state index in [4.69, 9.17) is 5.73 Å². The molecule has 1 aliphatic heterocycles. The van der Waals surface area contributed by atoms with Gasteiger partial charge in [-0.1, -0.05) is 0 Å². The maximum atomic E-state index is 11.4. The van der Waals surface area contributed by atoms with Crippen molar-refractivity contribution in [3.8, 4) is 0 Å². The molecule has 1 heterocycles. The second-order valence-corrected chi connectivity index (χ2v) is 4.04. The van der Waals surface area contributed by atoms with Crippen LogP contribution in [0.1, 0.15) is 26.2 Å². The van der Waals surface area contributed by atoms with Gasteiger partial charge >= 0.3 is 0 Å². The standard InChI is InChI=1S/C10H19N3O2/c1-7(13-9(14)6-11)5-8-3-2-4-12-10(8)15/h7-8H,2-6,11H2,1H3,(H,12,15)(H,13,14)/t7-,8+/m1/s1. The Labute approximate surface area is 89.8 Å². The van der Waals surface area contributed by atoms with Gasteiger partial charge < -0.3 is 16.4 Å². The molecular weight excluding hydrogens is 194 g/mol. The summed E-state index contributed by atoms with van der Waals surface area (Å²) < 4.78 is 0. The molecule has 5 heteroatoms. The molecule has 4 N–H and O–H groups in total. The summed E-state index contributed by atoms with van der Waals surface area (Å²) in [6.45, 7) is 2.68. The number of rotatable bonds is 4. The normalized spacial score (nSPS) is 23.1. The van der Waals surface area contributed by atoms with E-state index in [1.165, 1.54) is 0 Å². The summed E-state index contributed by atoms with van der Waals surface area (Å²) >= 11 is 0. The first-order valence-electron chi connectivity index (χ1n) is 5.40. The molecule has 1 rings (SSSR count). The molecule has 86 valence electrons. The molecule has 1 aliphatic rings. The highest BCUT2D eigenvalue weighted by molar-refractivity contribution is 5.80. The van der Waals surface area contributed by atoms with Gasteiger partial charge in [-0.2, -0.15) is 0 Å². The van der Waals surface area contributed by atoms with Gasteiger partial charge in [0, 0.05) is 18.5 Å². The van der Waals surface area contributed by atoms with Gasteiger partial charge in [-0.05, 0) is 26.2 Å². The average molecular weight is 213 g/mol. The highest BCUT2D eigenvalue weighted by Crippen LogP contribution is 2.16. The molecular formula is C10H19N3O2. The maximum absolute atomic E-state index is 11.4. The Morgan fingerprint density at radius 2 is 2.47 bits per heavy atom. The van der Waals surface area contributed by atoms with Crippen molar-refractivity contribution in [3.05, 3.63) is 0 Å². The predicted octanol–water partition coefficient (Wildman–Crippen LogP) is -0.634. The number of carbonyl (C=O) groups is 2. The van der Waals surface area contributed by atoms with Crippen molar-refractivity contribution in [1.29, 1.82) is 0 Å². The third-order valence-electron chi connectivity index (χ3n) is 2.63. The SMILES string of the molecule is C[C@H](C[C@@H]1CCCNC1=O)NC(=O)CN. The second-order valence-electron chi connectivity index (χ2n) is 4.04. The predicted molar refractivity (Wildman–Crippen MR) is 57.0 cm³/mol. The summed E-state index contributed by atoms with van der Waals surface area (Å²) in [4.78, 5) is 22.4. The highest BCUT2D eigenvalue weighted by atomic mass is 16.2. The Morgan fingerprint density at radius 1 is 1.73 bits per heavy atom. The van der Waals surface area contributed by atoms with Crippen LogP contribution in [0.5, 0.6) is 0 Å². The van der Waals surface area contributed by atoms with E-state index < -0.39 is 0 Å². The van der Waals surface area contributed by atoms with Gasteiger partial charge in [0.1, 0.15) is 0 Å². The molecule has 1 saturated heterocycles. The number of piperidine rings is 1. The Hall–Kier alpha value is -1.10. The average Bonchev–Trinajstić information content (AvgIpc) is 2.21. The van der Waals surface area contributed by atoms with Crippen LogP contribution in [-0.4, -0.2) is 30.9 Å². The van der Waals surface area contributed by atoms with E-state index in [9.17, 15) is 9.59 Å². The smallest absolute Gasteiger partial charge is 0.233 e. The molecule has 2 amide bonds. The zero-order valence-electron chi connectivity index (χ0n) is 9.08. The van der Waals surface area contributed by atoms with Crippen LogP contribution in [0.2, 0.25) is 0 Å². The third-order valence-corrected chi connectivity index (χ3v) is 2.63. The van der Waals surface area contributed by atoms with Crippen molar-refractivity contribution in [2.24, 2.45) is 11.7 Å². The van der Waals surface area contributed by atoms with Gasteiger partial charge in [-0.15, -0.1) is 0 Å². The van der Waals surface area contributed by atoms with E-state index in [-0.39, 0.29) is 30.3 Å². The molecule has 0 aromatic carbocycles. The first-order chi connectivity index (χ1) is 7.13. The molecule has 0 aromatic rings. The van der Waals surface area contributed by atoms with E-state index in [1.54, 1.807) is 0 Å². The van der Waals surface area contributed by atoms with Crippen LogP contribution in [0.15, 0.2) is 0 Å². The minimum absolute atomic E-state index is 0.00119. The van der Waals surface area contributed by atoms with Gasteiger partial charge in [0.05, 0.1) is 6.54 Å². The minimum Gasteiger partial charge on any atom is -0.356 e. The molecule has 1 fully saturated rings. The fourth-order valence-corrected chi connectivity index (χ4v) is 1.88. The van der Waals surface area contributed by atoms with Crippen LogP contribution in [-0.2, 0) is 9.59 Å². The van der Waals surface area contributed by atoms with Crippen LogP contribution >= 0.6 is 0 Å². The Kier molecular flexibility index (Phi) is 4.55. The van der Waals surface area contributed by atoms with Crippen molar-refractivity contribution >= 4 is 11.8 Å². The molecule has 0 bridgehead atoms. The Balaban J connectivity index is 2.32. The molecule has 0 aliphatic carbocycles. The van der Waals surface area contributed by atoms with E-state index in [1.807, 2.05) is 6.92 Å². The van der Waals surface area contributed by atoms with Crippen molar-refractivity contribution in [3.63, 3.8) is 0 Å². The van der Waals surface area contributed by atoms with Gasteiger partial charge in [-0.25, -0.2) is 0 Å². The van der Waals surface area contributed by atoms with Crippen LogP contribution in [0.4, 0.5) is 0 Å². The van der Waals surface area contributed by atoms with Crippen LogP contribution in [0.25, 0.3) is 0 Å². The lowest BCUT2D eigenvalue weighted by atomic mass is 9.92.